The van der Waals surface area contributed by atoms with Crippen LogP contribution in [0.15, 0.2) is 18.2 Å². The largest absolute Gasteiger partial charge is 0.481 e. The Labute approximate surface area is 126 Å². The van der Waals surface area contributed by atoms with Crippen molar-refractivity contribution in [2.24, 2.45) is 5.41 Å². The molecule has 22 heavy (non-hydrogen) atoms. The zero-order valence-corrected chi connectivity index (χ0v) is 12.1. The minimum atomic E-state index is -1.12. The van der Waals surface area contributed by atoms with Crippen molar-refractivity contribution in [2.45, 2.75) is 12.8 Å². The smallest absolute Gasteiger partial charge is 0.313 e. The SMILES string of the molecule is COCC1(C(=O)O)CCN(C(=O)Cc2ccc(F)cc2F)C1. The van der Waals surface area contributed by atoms with Gasteiger partial charge in [-0.15, -0.1) is 0 Å². The van der Waals surface area contributed by atoms with E-state index < -0.39 is 23.0 Å². The van der Waals surface area contributed by atoms with Crippen molar-refractivity contribution in [1.29, 1.82) is 0 Å². The van der Waals surface area contributed by atoms with Gasteiger partial charge >= 0.3 is 5.97 Å². The Bertz CT molecular complexity index is 593. The van der Waals surface area contributed by atoms with Gasteiger partial charge in [-0.1, -0.05) is 6.07 Å². The van der Waals surface area contributed by atoms with Crippen LogP contribution < -0.4 is 0 Å². The maximum Gasteiger partial charge on any atom is 0.313 e. The molecule has 0 saturated carbocycles. The molecular formula is C15H17F2NO4. The lowest BCUT2D eigenvalue weighted by atomic mass is 9.88. The molecule has 7 heteroatoms. The Hall–Kier alpha value is -2.02. The number of hydrogen-bond donors (Lipinski definition) is 1. The quantitative estimate of drug-likeness (QED) is 0.893. The standard InChI is InChI=1S/C15H17F2NO4/c1-22-9-15(14(20)21)4-5-18(8-15)13(19)6-10-2-3-11(16)7-12(10)17/h2-3,7H,4-6,8-9H2,1H3,(H,20,21). The number of carbonyl (C=O) groups is 2. The van der Waals surface area contributed by atoms with Crippen molar-refractivity contribution in [3.63, 3.8) is 0 Å². The van der Waals surface area contributed by atoms with Crippen LogP contribution in [0.2, 0.25) is 0 Å². The molecule has 1 heterocycles. The summed E-state index contributed by atoms with van der Waals surface area (Å²) >= 11 is 0. The molecule has 5 nitrogen and oxygen atoms in total. The number of rotatable bonds is 5. The number of likely N-dealkylation sites (tertiary alicyclic amines) is 1. The number of nitrogens with zero attached hydrogens (tertiary/aromatic N) is 1. The highest BCUT2D eigenvalue weighted by molar-refractivity contribution is 5.82. The molecule has 0 spiro atoms. The summed E-state index contributed by atoms with van der Waals surface area (Å²) in [5, 5.41) is 9.34. The van der Waals surface area contributed by atoms with E-state index >= 15 is 0 Å². The Kier molecular flexibility index (Phi) is 4.75. The zero-order chi connectivity index (χ0) is 16.3. The van der Waals surface area contributed by atoms with Crippen LogP contribution in [-0.2, 0) is 20.7 Å². The topological polar surface area (TPSA) is 66.8 Å². The second-order valence-electron chi connectivity index (χ2n) is 5.50. The molecule has 1 atom stereocenters. The van der Waals surface area contributed by atoms with Crippen molar-refractivity contribution in [3.8, 4) is 0 Å². The van der Waals surface area contributed by atoms with E-state index in [9.17, 15) is 23.5 Å². The van der Waals surface area contributed by atoms with Crippen molar-refractivity contribution in [1.82, 2.24) is 4.90 Å². The van der Waals surface area contributed by atoms with E-state index in [-0.39, 0.29) is 44.0 Å². The number of ether oxygens (including phenoxy) is 1. The van der Waals surface area contributed by atoms with Gasteiger partial charge in [-0.3, -0.25) is 9.59 Å². The van der Waals surface area contributed by atoms with E-state index in [1.807, 2.05) is 0 Å². The monoisotopic (exact) mass is 313 g/mol. The van der Waals surface area contributed by atoms with E-state index in [1.165, 1.54) is 18.1 Å². The van der Waals surface area contributed by atoms with Gasteiger partial charge in [0.25, 0.3) is 0 Å². The summed E-state index contributed by atoms with van der Waals surface area (Å²) in [6.07, 6.45) is 0.0581. The molecular weight excluding hydrogens is 296 g/mol. The molecule has 1 fully saturated rings. The summed E-state index contributed by atoms with van der Waals surface area (Å²) in [5.74, 6) is -2.89. The third-order valence-corrected chi connectivity index (χ3v) is 3.94. The first-order valence-corrected chi connectivity index (χ1v) is 6.82. The molecule has 2 rings (SSSR count). The summed E-state index contributed by atoms with van der Waals surface area (Å²) in [6, 6.07) is 3.03. The van der Waals surface area contributed by atoms with Crippen molar-refractivity contribution < 1.29 is 28.2 Å². The molecule has 0 aliphatic carbocycles. The number of carbonyl (C=O) groups excluding carboxylic acids is 1. The first-order chi connectivity index (χ1) is 10.4. The highest BCUT2D eigenvalue weighted by atomic mass is 19.1. The molecule has 1 unspecified atom stereocenters. The zero-order valence-electron chi connectivity index (χ0n) is 12.1. The van der Waals surface area contributed by atoms with Gasteiger partial charge in [-0.05, 0) is 18.1 Å². The second kappa shape index (κ2) is 6.39. The fraction of sp³-hybridized carbons (Fsp3) is 0.467. The van der Waals surface area contributed by atoms with Crippen LogP contribution in [0, 0.1) is 17.0 Å². The van der Waals surface area contributed by atoms with Gasteiger partial charge in [0, 0.05) is 26.3 Å². The van der Waals surface area contributed by atoms with Crippen LogP contribution in [0.25, 0.3) is 0 Å². The van der Waals surface area contributed by atoms with Crippen LogP contribution in [0.3, 0.4) is 0 Å². The lowest BCUT2D eigenvalue weighted by Gasteiger charge is -2.23. The number of amides is 1. The van der Waals surface area contributed by atoms with Gasteiger partial charge in [0.15, 0.2) is 0 Å². The van der Waals surface area contributed by atoms with Crippen LogP contribution >= 0.6 is 0 Å². The summed E-state index contributed by atoms with van der Waals surface area (Å²) in [6.45, 7) is 0.312. The summed E-state index contributed by atoms with van der Waals surface area (Å²) in [5.41, 5.74) is -1.03. The van der Waals surface area contributed by atoms with Gasteiger partial charge in [-0.25, -0.2) is 8.78 Å². The van der Waals surface area contributed by atoms with Crippen LogP contribution in [0.4, 0.5) is 8.78 Å². The molecule has 1 aliphatic rings. The molecule has 0 aromatic heterocycles. The molecule has 0 radical (unpaired) electrons. The van der Waals surface area contributed by atoms with E-state index in [2.05, 4.69) is 0 Å². The normalized spacial score (nSPS) is 21.1. The number of aliphatic carboxylic acids is 1. The van der Waals surface area contributed by atoms with E-state index in [1.54, 1.807) is 0 Å². The number of carboxylic acid groups (broad SMARTS) is 1. The summed E-state index contributed by atoms with van der Waals surface area (Å²) < 4.78 is 31.4. The van der Waals surface area contributed by atoms with Gasteiger partial charge in [-0.2, -0.15) is 0 Å². The third-order valence-electron chi connectivity index (χ3n) is 3.94. The fourth-order valence-corrected chi connectivity index (χ4v) is 2.66. The Balaban J connectivity index is 2.07. The van der Waals surface area contributed by atoms with Gasteiger partial charge in [0.2, 0.25) is 5.91 Å². The third kappa shape index (κ3) is 3.24. The van der Waals surface area contributed by atoms with E-state index in [4.69, 9.17) is 4.74 Å². The van der Waals surface area contributed by atoms with Crippen LogP contribution in [0.1, 0.15) is 12.0 Å². The van der Waals surface area contributed by atoms with Gasteiger partial charge in [0.05, 0.1) is 13.0 Å². The van der Waals surface area contributed by atoms with Gasteiger partial charge in [0.1, 0.15) is 17.0 Å². The Morgan fingerprint density at radius 3 is 2.73 bits per heavy atom. The average molecular weight is 313 g/mol. The van der Waals surface area contributed by atoms with Crippen molar-refractivity contribution in [2.75, 3.05) is 26.8 Å². The highest BCUT2D eigenvalue weighted by Crippen LogP contribution is 2.31. The van der Waals surface area contributed by atoms with Crippen LogP contribution in [0.5, 0.6) is 0 Å². The van der Waals surface area contributed by atoms with Crippen molar-refractivity contribution in [3.05, 3.63) is 35.4 Å². The molecule has 0 bridgehead atoms. The number of halogens is 2. The predicted molar refractivity (Wildman–Crippen MR) is 73.2 cm³/mol. The second-order valence-corrected chi connectivity index (χ2v) is 5.50. The number of benzene rings is 1. The minimum absolute atomic E-state index is 0.0109. The lowest BCUT2D eigenvalue weighted by Crippen LogP contribution is -2.40. The molecule has 120 valence electrons. The van der Waals surface area contributed by atoms with E-state index in [0.29, 0.717) is 0 Å². The van der Waals surface area contributed by atoms with Crippen LogP contribution in [-0.4, -0.2) is 48.7 Å². The first-order valence-electron chi connectivity index (χ1n) is 6.82. The number of methoxy groups -OCH3 is 1. The minimum Gasteiger partial charge on any atom is -0.481 e. The fourth-order valence-electron chi connectivity index (χ4n) is 2.66. The lowest BCUT2D eigenvalue weighted by molar-refractivity contribution is -0.151. The maximum atomic E-state index is 13.6. The molecule has 1 amide bonds. The molecule has 1 aliphatic heterocycles. The summed E-state index contributed by atoms with van der Waals surface area (Å²) in [7, 11) is 1.41. The highest BCUT2D eigenvalue weighted by Gasteiger charge is 2.46. The number of hydrogen-bond acceptors (Lipinski definition) is 3. The summed E-state index contributed by atoms with van der Waals surface area (Å²) in [4.78, 5) is 25.0. The molecule has 1 aromatic rings. The van der Waals surface area contributed by atoms with E-state index in [0.717, 1.165) is 12.1 Å². The molecule has 1 saturated heterocycles. The molecule has 1 N–H and O–H groups in total. The van der Waals surface area contributed by atoms with Gasteiger partial charge < -0.3 is 14.7 Å². The average Bonchev–Trinajstić information content (AvgIpc) is 2.88. The predicted octanol–water partition coefficient (Wildman–Crippen LogP) is 1.46. The Morgan fingerprint density at radius 1 is 1.41 bits per heavy atom. The van der Waals surface area contributed by atoms with Crippen molar-refractivity contribution >= 4 is 11.9 Å². The maximum absolute atomic E-state index is 13.6. The Morgan fingerprint density at radius 2 is 2.14 bits per heavy atom. The number of carboxylic acids is 1. The first kappa shape index (κ1) is 16.4. The molecule has 1 aromatic carbocycles.